The standard InChI is InChI=1S/C15H22N2O/c1-16-12-15(18)17-9-7-14(8-10-17)11-13-5-3-2-4-6-13/h2-6,14,16H,7-12H2,1H3. The molecule has 2 rings (SSSR count). The molecule has 0 saturated carbocycles. The van der Waals surface area contributed by atoms with E-state index in [9.17, 15) is 4.79 Å². The van der Waals surface area contributed by atoms with E-state index in [2.05, 4.69) is 35.6 Å². The van der Waals surface area contributed by atoms with E-state index in [-0.39, 0.29) is 5.91 Å². The van der Waals surface area contributed by atoms with Gasteiger partial charge in [-0.05, 0) is 37.8 Å². The van der Waals surface area contributed by atoms with Crippen molar-refractivity contribution in [2.45, 2.75) is 19.3 Å². The number of piperidine rings is 1. The average Bonchev–Trinajstić information content (AvgIpc) is 2.41. The number of nitrogens with zero attached hydrogens (tertiary/aromatic N) is 1. The number of benzene rings is 1. The highest BCUT2D eigenvalue weighted by atomic mass is 16.2. The summed E-state index contributed by atoms with van der Waals surface area (Å²) >= 11 is 0. The molecule has 0 bridgehead atoms. The molecule has 1 aromatic rings. The molecular weight excluding hydrogens is 224 g/mol. The Bertz CT molecular complexity index is 369. The van der Waals surface area contributed by atoms with Gasteiger partial charge in [-0.1, -0.05) is 30.3 Å². The Morgan fingerprint density at radius 3 is 2.56 bits per heavy atom. The highest BCUT2D eigenvalue weighted by Gasteiger charge is 2.22. The fourth-order valence-electron chi connectivity index (χ4n) is 2.60. The van der Waals surface area contributed by atoms with E-state index in [0.29, 0.717) is 6.54 Å². The Morgan fingerprint density at radius 1 is 1.28 bits per heavy atom. The summed E-state index contributed by atoms with van der Waals surface area (Å²) in [5.41, 5.74) is 1.41. The molecule has 0 atom stereocenters. The van der Waals surface area contributed by atoms with E-state index in [4.69, 9.17) is 0 Å². The van der Waals surface area contributed by atoms with Crippen molar-refractivity contribution >= 4 is 5.91 Å². The number of rotatable bonds is 4. The minimum absolute atomic E-state index is 0.232. The van der Waals surface area contributed by atoms with E-state index in [1.54, 1.807) is 0 Å². The quantitative estimate of drug-likeness (QED) is 0.877. The number of carbonyl (C=O) groups is 1. The minimum atomic E-state index is 0.232. The molecule has 1 aliphatic heterocycles. The second-order valence-electron chi connectivity index (χ2n) is 5.04. The fourth-order valence-corrected chi connectivity index (χ4v) is 2.60. The monoisotopic (exact) mass is 246 g/mol. The molecular formula is C15H22N2O. The second kappa shape index (κ2) is 6.55. The summed E-state index contributed by atoms with van der Waals surface area (Å²) < 4.78 is 0. The molecule has 1 aromatic carbocycles. The van der Waals surface area contributed by atoms with Crippen molar-refractivity contribution in [2.75, 3.05) is 26.7 Å². The van der Waals surface area contributed by atoms with Crippen LogP contribution in [0.5, 0.6) is 0 Å². The average molecular weight is 246 g/mol. The summed E-state index contributed by atoms with van der Waals surface area (Å²) in [6, 6.07) is 10.6. The Kier molecular flexibility index (Phi) is 4.76. The van der Waals surface area contributed by atoms with Gasteiger partial charge >= 0.3 is 0 Å². The fraction of sp³-hybridized carbons (Fsp3) is 0.533. The Labute approximate surface area is 109 Å². The highest BCUT2D eigenvalue weighted by Crippen LogP contribution is 2.21. The Balaban J connectivity index is 1.78. The molecule has 0 unspecified atom stereocenters. The zero-order valence-electron chi connectivity index (χ0n) is 11.1. The van der Waals surface area contributed by atoms with Crippen molar-refractivity contribution in [1.82, 2.24) is 10.2 Å². The third-order valence-corrected chi connectivity index (χ3v) is 3.66. The summed E-state index contributed by atoms with van der Waals surface area (Å²) in [5.74, 6) is 0.960. The minimum Gasteiger partial charge on any atom is -0.342 e. The maximum atomic E-state index is 11.7. The van der Waals surface area contributed by atoms with E-state index in [1.807, 2.05) is 11.9 Å². The third kappa shape index (κ3) is 3.57. The maximum Gasteiger partial charge on any atom is 0.236 e. The molecule has 3 heteroatoms. The van der Waals surface area contributed by atoms with E-state index in [0.717, 1.165) is 38.3 Å². The van der Waals surface area contributed by atoms with Crippen LogP contribution in [0.25, 0.3) is 0 Å². The van der Waals surface area contributed by atoms with Crippen molar-refractivity contribution < 1.29 is 4.79 Å². The summed E-state index contributed by atoms with van der Waals surface area (Å²) in [6.45, 7) is 2.29. The van der Waals surface area contributed by atoms with Crippen LogP contribution in [-0.2, 0) is 11.2 Å². The number of likely N-dealkylation sites (N-methyl/N-ethyl adjacent to an activating group) is 1. The maximum absolute atomic E-state index is 11.7. The van der Waals surface area contributed by atoms with Crippen molar-refractivity contribution in [3.63, 3.8) is 0 Å². The molecule has 0 radical (unpaired) electrons. The second-order valence-corrected chi connectivity index (χ2v) is 5.04. The Hall–Kier alpha value is -1.35. The molecule has 1 aliphatic rings. The van der Waals surface area contributed by atoms with Gasteiger partial charge in [0.05, 0.1) is 6.54 Å². The van der Waals surface area contributed by atoms with Crippen LogP contribution in [0.1, 0.15) is 18.4 Å². The van der Waals surface area contributed by atoms with Crippen LogP contribution in [0.15, 0.2) is 30.3 Å². The Morgan fingerprint density at radius 2 is 1.94 bits per heavy atom. The predicted molar refractivity (Wildman–Crippen MR) is 73.4 cm³/mol. The number of likely N-dealkylation sites (tertiary alicyclic amines) is 1. The van der Waals surface area contributed by atoms with Crippen molar-refractivity contribution in [1.29, 1.82) is 0 Å². The number of hydrogen-bond donors (Lipinski definition) is 1. The van der Waals surface area contributed by atoms with Gasteiger partial charge in [-0.25, -0.2) is 0 Å². The van der Waals surface area contributed by atoms with Gasteiger partial charge in [-0.2, -0.15) is 0 Å². The molecule has 1 amide bonds. The first-order valence-electron chi connectivity index (χ1n) is 6.76. The zero-order valence-corrected chi connectivity index (χ0v) is 11.1. The van der Waals surface area contributed by atoms with E-state index < -0.39 is 0 Å². The first kappa shape index (κ1) is 13.1. The molecule has 1 N–H and O–H groups in total. The van der Waals surface area contributed by atoms with Gasteiger partial charge in [0, 0.05) is 13.1 Å². The zero-order chi connectivity index (χ0) is 12.8. The largest absolute Gasteiger partial charge is 0.342 e. The molecule has 0 spiro atoms. The van der Waals surface area contributed by atoms with Gasteiger partial charge in [0.25, 0.3) is 0 Å². The van der Waals surface area contributed by atoms with Crippen LogP contribution in [-0.4, -0.2) is 37.5 Å². The van der Waals surface area contributed by atoms with Crippen LogP contribution < -0.4 is 5.32 Å². The summed E-state index contributed by atoms with van der Waals surface area (Å²) in [6.07, 6.45) is 3.41. The first-order chi connectivity index (χ1) is 8.79. The smallest absolute Gasteiger partial charge is 0.236 e. The van der Waals surface area contributed by atoms with Crippen molar-refractivity contribution in [3.8, 4) is 0 Å². The number of nitrogens with one attached hydrogen (secondary N) is 1. The van der Waals surface area contributed by atoms with Gasteiger partial charge < -0.3 is 10.2 Å². The van der Waals surface area contributed by atoms with E-state index >= 15 is 0 Å². The number of carbonyl (C=O) groups excluding carboxylic acids is 1. The molecule has 1 saturated heterocycles. The van der Waals surface area contributed by atoms with Gasteiger partial charge in [0.2, 0.25) is 5.91 Å². The number of amides is 1. The molecule has 1 heterocycles. The molecule has 98 valence electrons. The summed E-state index contributed by atoms with van der Waals surface area (Å²) in [5, 5.41) is 2.92. The van der Waals surface area contributed by atoms with Gasteiger partial charge in [-0.15, -0.1) is 0 Å². The van der Waals surface area contributed by atoms with Crippen molar-refractivity contribution in [2.24, 2.45) is 5.92 Å². The van der Waals surface area contributed by atoms with Crippen LogP contribution >= 0.6 is 0 Å². The molecule has 0 aromatic heterocycles. The lowest BCUT2D eigenvalue weighted by atomic mass is 9.90. The van der Waals surface area contributed by atoms with Gasteiger partial charge in [0.1, 0.15) is 0 Å². The van der Waals surface area contributed by atoms with Crippen LogP contribution in [0, 0.1) is 5.92 Å². The third-order valence-electron chi connectivity index (χ3n) is 3.66. The molecule has 18 heavy (non-hydrogen) atoms. The lowest BCUT2D eigenvalue weighted by Crippen LogP contribution is -2.42. The van der Waals surface area contributed by atoms with Crippen LogP contribution in [0.4, 0.5) is 0 Å². The molecule has 3 nitrogen and oxygen atoms in total. The lowest BCUT2D eigenvalue weighted by Gasteiger charge is -2.32. The van der Waals surface area contributed by atoms with Crippen molar-refractivity contribution in [3.05, 3.63) is 35.9 Å². The highest BCUT2D eigenvalue weighted by molar-refractivity contribution is 5.78. The topological polar surface area (TPSA) is 32.3 Å². The normalized spacial score (nSPS) is 16.8. The van der Waals surface area contributed by atoms with Crippen LogP contribution in [0.3, 0.4) is 0 Å². The first-order valence-corrected chi connectivity index (χ1v) is 6.76. The van der Waals surface area contributed by atoms with Gasteiger partial charge in [-0.3, -0.25) is 4.79 Å². The number of hydrogen-bond acceptors (Lipinski definition) is 2. The summed E-state index contributed by atoms with van der Waals surface area (Å²) in [4.78, 5) is 13.7. The van der Waals surface area contributed by atoms with Gasteiger partial charge in [0.15, 0.2) is 0 Å². The van der Waals surface area contributed by atoms with E-state index in [1.165, 1.54) is 5.56 Å². The molecule has 1 fully saturated rings. The predicted octanol–water partition coefficient (Wildman–Crippen LogP) is 1.69. The lowest BCUT2D eigenvalue weighted by molar-refractivity contribution is -0.131. The summed E-state index contributed by atoms with van der Waals surface area (Å²) in [7, 11) is 1.82. The molecule has 0 aliphatic carbocycles. The SMILES string of the molecule is CNCC(=O)N1CCC(Cc2ccccc2)CC1. The van der Waals surface area contributed by atoms with Crippen LogP contribution in [0.2, 0.25) is 0 Å².